The van der Waals surface area contributed by atoms with E-state index in [0.717, 1.165) is 22.6 Å². The quantitative estimate of drug-likeness (QED) is 0.504. The highest BCUT2D eigenvalue weighted by Gasteiger charge is 2.31. The number of benzene rings is 1. The van der Waals surface area contributed by atoms with Crippen molar-refractivity contribution in [2.75, 3.05) is 7.05 Å². The van der Waals surface area contributed by atoms with Crippen molar-refractivity contribution >= 4 is 35.2 Å². The molecule has 0 bridgehead atoms. The van der Waals surface area contributed by atoms with Crippen LogP contribution >= 0.6 is 12.2 Å². The fourth-order valence-electron chi connectivity index (χ4n) is 3.10. The number of carbonyl (C=O) groups is 2. The third-order valence-electron chi connectivity index (χ3n) is 4.82. The van der Waals surface area contributed by atoms with Crippen molar-refractivity contribution in [3.8, 4) is 5.69 Å². The Kier molecular flexibility index (Phi) is 4.54. The van der Waals surface area contributed by atoms with Gasteiger partial charge in [0.15, 0.2) is 5.11 Å². The highest BCUT2D eigenvalue weighted by molar-refractivity contribution is 7.80. The van der Waals surface area contributed by atoms with Gasteiger partial charge in [0.05, 0.1) is 0 Å². The lowest BCUT2D eigenvalue weighted by Crippen LogP contribution is -2.52. The molecule has 1 N–H and O–H groups in total. The van der Waals surface area contributed by atoms with Crippen LogP contribution in [0.4, 0.5) is 0 Å². The summed E-state index contributed by atoms with van der Waals surface area (Å²) < 4.78 is 2.12. The number of thiocarbonyl (C=S) groups is 1. The van der Waals surface area contributed by atoms with Crippen LogP contribution in [0, 0.1) is 27.7 Å². The number of rotatable bonds is 2. The van der Waals surface area contributed by atoms with Crippen LogP contribution in [0.25, 0.3) is 11.8 Å². The van der Waals surface area contributed by atoms with Gasteiger partial charge in [0.1, 0.15) is 5.57 Å². The Bertz CT molecular complexity index is 985. The number of aryl methyl sites for hydroxylation is 3. The minimum absolute atomic E-state index is 0.0847. The molecule has 1 fully saturated rings. The van der Waals surface area contributed by atoms with Crippen LogP contribution in [0.15, 0.2) is 29.8 Å². The van der Waals surface area contributed by atoms with Crippen LogP contribution in [-0.4, -0.2) is 33.4 Å². The maximum absolute atomic E-state index is 12.4. The summed E-state index contributed by atoms with van der Waals surface area (Å²) in [6.45, 7) is 8.15. The summed E-state index contributed by atoms with van der Waals surface area (Å²) in [6.07, 6.45) is 1.63. The second-order valence-corrected chi connectivity index (χ2v) is 7.00. The Morgan fingerprint density at radius 2 is 1.73 bits per heavy atom. The van der Waals surface area contributed by atoms with Gasteiger partial charge in [-0.1, -0.05) is 6.07 Å². The van der Waals surface area contributed by atoms with Crippen LogP contribution in [0.5, 0.6) is 0 Å². The molecule has 0 atom stereocenters. The van der Waals surface area contributed by atoms with Gasteiger partial charge in [-0.05, 0) is 80.9 Å². The summed E-state index contributed by atoms with van der Waals surface area (Å²) in [6, 6.07) is 8.28. The molecule has 0 spiro atoms. The minimum atomic E-state index is -0.464. The second kappa shape index (κ2) is 6.53. The molecule has 1 aromatic heterocycles. The largest absolute Gasteiger partial charge is 0.318 e. The van der Waals surface area contributed by atoms with E-state index in [0.29, 0.717) is 0 Å². The zero-order valence-corrected chi connectivity index (χ0v) is 16.3. The van der Waals surface area contributed by atoms with E-state index in [-0.39, 0.29) is 10.7 Å². The number of hydrogen-bond donors (Lipinski definition) is 1. The van der Waals surface area contributed by atoms with E-state index in [1.807, 2.05) is 19.9 Å². The van der Waals surface area contributed by atoms with Gasteiger partial charge >= 0.3 is 0 Å². The summed E-state index contributed by atoms with van der Waals surface area (Å²) in [5.41, 5.74) is 6.43. The maximum Gasteiger partial charge on any atom is 0.265 e. The first kappa shape index (κ1) is 18.1. The third kappa shape index (κ3) is 2.97. The number of hydrogen-bond acceptors (Lipinski definition) is 3. The molecule has 26 heavy (non-hydrogen) atoms. The van der Waals surface area contributed by atoms with E-state index in [1.54, 1.807) is 13.1 Å². The first-order valence-electron chi connectivity index (χ1n) is 8.32. The predicted molar refractivity (Wildman–Crippen MR) is 106 cm³/mol. The standard InChI is InChI=1S/C20H21N3O2S/c1-11-6-7-16(8-12(11)2)23-13(3)9-15(14(23)4)10-17-18(24)21-20(26)22(5)19(17)25/h6-10H,1-5H3,(H,21,24,26)/b17-10+. The van der Waals surface area contributed by atoms with Crippen LogP contribution in [0.3, 0.4) is 0 Å². The van der Waals surface area contributed by atoms with Crippen molar-refractivity contribution in [1.82, 2.24) is 14.8 Å². The topological polar surface area (TPSA) is 54.3 Å². The highest BCUT2D eigenvalue weighted by atomic mass is 32.1. The number of carbonyl (C=O) groups excluding carboxylic acids is 2. The van der Waals surface area contributed by atoms with Crippen molar-refractivity contribution in [3.63, 3.8) is 0 Å². The van der Waals surface area contributed by atoms with Gasteiger partial charge in [0.25, 0.3) is 11.8 Å². The number of nitrogens with one attached hydrogen (secondary N) is 1. The molecule has 1 aromatic carbocycles. The molecular weight excluding hydrogens is 346 g/mol. The molecule has 134 valence electrons. The molecule has 2 amide bonds. The smallest absolute Gasteiger partial charge is 0.265 e. The van der Waals surface area contributed by atoms with Crippen LogP contribution < -0.4 is 5.32 Å². The zero-order valence-electron chi connectivity index (χ0n) is 15.5. The average molecular weight is 367 g/mol. The van der Waals surface area contributed by atoms with E-state index in [1.165, 1.54) is 16.0 Å². The molecule has 1 saturated heterocycles. The van der Waals surface area contributed by atoms with E-state index in [2.05, 4.69) is 41.9 Å². The Morgan fingerprint density at radius 1 is 1.04 bits per heavy atom. The number of aromatic nitrogens is 1. The monoisotopic (exact) mass is 367 g/mol. The third-order valence-corrected chi connectivity index (χ3v) is 5.20. The van der Waals surface area contributed by atoms with Gasteiger partial charge in [-0.25, -0.2) is 0 Å². The van der Waals surface area contributed by atoms with Crippen molar-refractivity contribution < 1.29 is 9.59 Å². The minimum Gasteiger partial charge on any atom is -0.318 e. The molecule has 0 aliphatic carbocycles. The Morgan fingerprint density at radius 3 is 2.38 bits per heavy atom. The predicted octanol–water partition coefficient (Wildman–Crippen LogP) is 2.97. The zero-order chi connectivity index (χ0) is 19.2. The Hall–Kier alpha value is -2.73. The molecule has 6 heteroatoms. The normalized spacial score (nSPS) is 16.4. The van der Waals surface area contributed by atoms with Gasteiger partial charge in [-0.3, -0.25) is 19.8 Å². The summed E-state index contributed by atoms with van der Waals surface area (Å²) in [5, 5.41) is 2.66. The van der Waals surface area contributed by atoms with E-state index < -0.39 is 11.8 Å². The number of nitrogens with zero attached hydrogens (tertiary/aromatic N) is 2. The molecule has 0 radical (unpaired) electrons. The highest BCUT2D eigenvalue weighted by Crippen LogP contribution is 2.25. The Labute approximate surface area is 158 Å². The maximum atomic E-state index is 12.4. The van der Waals surface area contributed by atoms with Crippen LogP contribution in [0.1, 0.15) is 28.1 Å². The van der Waals surface area contributed by atoms with Crippen molar-refractivity contribution in [1.29, 1.82) is 0 Å². The lowest BCUT2D eigenvalue weighted by molar-refractivity contribution is -0.128. The summed E-state index contributed by atoms with van der Waals surface area (Å²) >= 11 is 4.98. The average Bonchev–Trinajstić information content (AvgIpc) is 2.86. The molecule has 0 saturated carbocycles. The first-order chi connectivity index (χ1) is 12.2. The molecule has 5 nitrogen and oxygen atoms in total. The molecule has 1 aliphatic rings. The van der Waals surface area contributed by atoms with E-state index in [9.17, 15) is 9.59 Å². The van der Waals surface area contributed by atoms with Gasteiger partial charge < -0.3 is 4.57 Å². The van der Waals surface area contributed by atoms with Crippen molar-refractivity contribution in [3.05, 3.63) is 57.9 Å². The van der Waals surface area contributed by atoms with Crippen LogP contribution in [0.2, 0.25) is 0 Å². The Balaban J connectivity index is 2.08. The summed E-state index contributed by atoms with van der Waals surface area (Å²) in [4.78, 5) is 25.9. The fraction of sp³-hybridized carbons (Fsp3) is 0.250. The van der Waals surface area contributed by atoms with Gasteiger partial charge in [0, 0.05) is 24.1 Å². The molecule has 0 unspecified atom stereocenters. The molecule has 3 rings (SSSR count). The number of likely N-dealkylation sites (N-methyl/N-ethyl adjacent to an activating group) is 1. The lowest BCUT2D eigenvalue weighted by atomic mass is 10.1. The lowest BCUT2D eigenvalue weighted by Gasteiger charge is -2.25. The fourth-order valence-corrected chi connectivity index (χ4v) is 3.27. The van der Waals surface area contributed by atoms with Gasteiger partial charge in [-0.2, -0.15) is 0 Å². The van der Waals surface area contributed by atoms with Crippen molar-refractivity contribution in [2.45, 2.75) is 27.7 Å². The molecular formula is C20H21N3O2S. The SMILES string of the molecule is Cc1ccc(-n2c(C)cc(/C=C3\C(=O)NC(=S)N(C)C3=O)c2C)cc1C. The number of amides is 2. The summed E-state index contributed by atoms with van der Waals surface area (Å²) in [5.74, 6) is -0.858. The van der Waals surface area contributed by atoms with Crippen molar-refractivity contribution in [2.24, 2.45) is 0 Å². The first-order valence-corrected chi connectivity index (χ1v) is 8.73. The molecule has 2 aromatic rings. The summed E-state index contributed by atoms with van der Waals surface area (Å²) in [7, 11) is 1.55. The van der Waals surface area contributed by atoms with Gasteiger partial charge in [-0.15, -0.1) is 0 Å². The van der Waals surface area contributed by atoms with E-state index >= 15 is 0 Å². The second-order valence-electron chi connectivity index (χ2n) is 6.61. The van der Waals surface area contributed by atoms with Gasteiger partial charge in [0.2, 0.25) is 0 Å². The molecule has 1 aliphatic heterocycles. The van der Waals surface area contributed by atoms with E-state index in [4.69, 9.17) is 12.2 Å². The molecule has 2 heterocycles. The van der Waals surface area contributed by atoms with Crippen LogP contribution in [-0.2, 0) is 9.59 Å².